The highest BCUT2D eigenvalue weighted by Crippen LogP contribution is 2.27. The fourth-order valence-corrected chi connectivity index (χ4v) is 1.10. The predicted octanol–water partition coefficient (Wildman–Crippen LogP) is 1.95. The van der Waals surface area contributed by atoms with E-state index in [1.54, 1.807) is 6.07 Å². The second-order valence-electron chi connectivity index (χ2n) is 2.26. The van der Waals surface area contributed by atoms with Gasteiger partial charge in [0.05, 0.1) is 12.1 Å². The molecule has 0 aliphatic rings. The molecule has 0 aromatic heterocycles. The molecule has 0 aliphatic carbocycles. The van der Waals surface area contributed by atoms with Gasteiger partial charge in [0.1, 0.15) is 0 Å². The SMILES string of the molecule is COc1c(CN)ccc(Cl)c1F. The third kappa shape index (κ3) is 1.52. The number of nitrogens with two attached hydrogens (primary N) is 1. The summed E-state index contributed by atoms with van der Waals surface area (Å²) in [5, 5.41) is 0.0454. The molecule has 0 saturated carbocycles. The molecule has 0 amide bonds. The van der Waals surface area contributed by atoms with Gasteiger partial charge in [0.15, 0.2) is 11.6 Å². The Morgan fingerprint density at radius 2 is 2.25 bits per heavy atom. The monoisotopic (exact) mass is 189 g/mol. The van der Waals surface area contributed by atoms with Crippen LogP contribution in [0.2, 0.25) is 5.02 Å². The smallest absolute Gasteiger partial charge is 0.183 e. The van der Waals surface area contributed by atoms with Crippen LogP contribution in [0.4, 0.5) is 4.39 Å². The molecule has 2 nitrogen and oxygen atoms in total. The maximum atomic E-state index is 13.1. The Balaban J connectivity index is 3.25. The van der Waals surface area contributed by atoms with Gasteiger partial charge in [-0.25, -0.2) is 4.39 Å². The molecule has 0 spiro atoms. The lowest BCUT2D eigenvalue weighted by atomic mass is 10.2. The maximum absolute atomic E-state index is 13.1. The van der Waals surface area contributed by atoms with E-state index in [4.69, 9.17) is 22.1 Å². The highest BCUT2D eigenvalue weighted by molar-refractivity contribution is 6.30. The summed E-state index contributed by atoms with van der Waals surface area (Å²) in [4.78, 5) is 0. The van der Waals surface area contributed by atoms with Crippen LogP contribution in [0.5, 0.6) is 5.75 Å². The molecule has 1 aromatic rings. The standard InChI is InChI=1S/C8H9ClFNO/c1-12-8-5(4-11)2-3-6(9)7(8)10/h2-3H,4,11H2,1H3. The van der Waals surface area contributed by atoms with Gasteiger partial charge in [-0.2, -0.15) is 0 Å². The van der Waals surface area contributed by atoms with Crippen LogP contribution in [-0.2, 0) is 6.54 Å². The highest BCUT2D eigenvalue weighted by Gasteiger charge is 2.10. The largest absolute Gasteiger partial charge is 0.493 e. The summed E-state index contributed by atoms with van der Waals surface area (Å²) < 4.78 is 17.9. The average Bonchev–Trinajstić information content (AvgIpc) is 2.09. The second-order valence-corrected chi connectivity index (χ2v) is 2.67. The first-order valence-corrected chi connectivity index (χ1v) is 3.79. The fraction of sp³-hybridized carbons (Fsp3) is 0.250. The number of halogens is 2. The van der Waals surface area contributed by atoms with Gasteiger partial charge in [0.25, 0.3) is 0 Å². The van der Waals surface area contributed by atoms with Crippen molar-refractivity contribution in [3.05, 3.63) is 28.5 Å². The normalized spacial score (nSPS) is 10.0. The molecular formula is C8H9ClFNO. The summed E-state index contributed by atoms with van der Waals surface area (Å²) in [7, 11) is 1.38. The van der Waals surface area contributed by atoms with Gasteiger partial charge in [-0.1, -0.05) is 17.7 Å². The zero-order valence-electron chi connectivity index (χ0n) is 6.60. The van der Waals surface area contributed by atoms with Crippen LogP contribution in [0.1, 0.15) is 5.56 Å². The van der Waals surface area contributed by atoms with Crippen molar-refractivity contribution in [2.45, 2.75) is 6.54 Å². The first-order chi connectivity index (χ1) is 5.70. The number of ether oxygens (including phenoxy) is 1. The lowest BCUT2D eigenvalue weighted by molar-refractivity contribution is 0.381. The third-order valence-corrected chi connectivity index (χ3v) is 1.85. The van der Waals surface area contributed by atoms with Crippen molar-refractivity contribution in [1.82, 2.24) is 0 Å². The predicted molar refractivity (Wildman–Crippen MR) is 45.9 cm³/mol. The molecule has 0 fully saturated rings. The minimum atomic E-state index is -0.554. The molecule has 0 atom stereocenters. The van der Waals surface area contributed by atoms with E-state index < -0.39 is 5.82 Å². The highest BCUT2D eigenvalue weighted by atomic mass is 35.5. The number of methoxy groups -OCH3 is 1. The van der Waals surface area contributed by atoms with E-state index in [1.165, 1.54) is 13.2 Å². The van der Waals surface area contributed by atoms with Crippen LogP contribution < -0.4 is 10.5 Å². The molecule has 0 saturated heterocycles. The van der Waals surface area contributed by atoms with Crippen LogP contribution >= 0.6 is 11.6 Å². The van der Waals surface area contributed by atoms with Gasteiger partial charge in [-0.15, -0.1) is 0 Å². The maximum Gasteiger partial charge on any atom is 0.183 e. The first kappa shape index (κ1) is 9.29. The number of benzene rings is 1. The van der Waals surface area contributed by atoms with E-state index in [-0.39, 0.29) is 17.3 Å². The Hall–Kier alpha value is -0.800. The van der Waals surface area contributed by atoms with Gasteiger partial charge in [-0.3, -0.25) is 0 Å². The van der Waals surface area contributed by atoms with Crippen molar-refractivity contribution >= 4 is 11.6 Å². The second kappa shape index (κ2) is 3.74. The molecule has 4 heteroatoms. The lowest BCUT2D eigenvalue weighted by Gasteiger charge is -2.07. The van der Waals surface area contributed by atoms with Crippen molar-refractivity contribution < 1.29 is 9.13 Å². The van der Waals surface area contributed by atoms with Crippen LogP contribution in [-0.4, -0.2) is 7.11 Å². The summed E-state index contributed by atoms with van der Waals surface area (Å²) >= 11 is 5.53. The van der Waals surface area contributed by atoms with E-state index in [9.17, 15) is 4.39 Å². The minimum Gasteiger partial charge on any atom is -0.493 e. The van der Waals surface area contributed by atoms with E-state index in [0.717, 1.165) is 0 Å². The topological polar surface area (TPSA) is 35.2 Å². The Morgan fingerprint density at radius 3 is 2.75 bits per heavy atom. The Kier molecular flexibility index (Phi) is 2.89. The molecule has 0 bridgehead atoms. The zero-order valence-corrected chi connectivity index (χ0v) is 7.36. The summed E-state index contributed by atoms with van der Waals surface area (Å²) in [6.45, 7) is 0.233. The number of rotatable bonds is 2. The van der Waals surface area contributed by atoms with Crippen molar-refractivity contribution in [2.24, 2.45) is 5.73 Å². The molecule has 12 heavy (non-hydrogen) atoms. The molecule has 1 aromatic carbocycles. The van der Waals surface area contributed by atoms with Crippen LogP contribution in [0.25, 0.3) is 0 Å². The molecule has 66 valence electrons. The van der Waals surface area contributed by atoms with E-state index in [1.807, 2.05) is 0 Å². The lowest BCUT2D eigenvalue weighted by Crippen LogP contribution is -2.01. The Morgan fingerprint density at radius 1 is 1.58 bits per heavy atom. The molecule has 0 aliphatic heterocycles. The van der Waals surface area contributed by atoms with Crippen molar-refractivity contribution in [1.29, 1.82) is 0 Å². The molecule has 2 N–H and O–H groups in total. The first-order valence-electron chi connectivity index (χ1n) is 3.41. The van der Waals surface area contributed by atoms with E-state index in [2.05, 4.69) is 0 Å². The average molecular weight is 190 g/mol. The van der Waals surface area contributed by atoms with Crippen molar-refractivity contribution in [3.63, 3.8) is 0 Å². The third-order valence-electron chi connectivity index (χ3n) is 1.56. The number of hydrogen-bond acceptors (Lipinski definition) is 2. The molecule has 0 heterocycles. The van der Waals surface area contributed by atoms with E-state index in [0.29, 0.717) is 5.56 Å². The quantitative estimate of drug-likeness (QED) is 0.772. The summed E-state index contributed by atoms with van der Waals surface area (Å²) in [6, 6.07) is 3.10. The summed E-state index contributed by atoms with van der Waals surface area (Å²) in [6.07, 6.45) is 0. The Bertz CT molecular complexity index is 291. The fourth-order valence-electron chi connectivity index (χ4n) is 0.953. The van der Waals surface area contributed by atoms with Crippen molar-refractivity contribution in [3.8, 4) is 5.75 Å². The van der Waals surface area contributed by atoms with E-state index >= 15 is 0 Å². The van der Waals surface area contributed by atoms with Crippen LogP contribution in [0, 0.1) is 5.82 Å². The van der Waals surface area contributed by atoms with Crippen molar-refractivity contribution in [2.75, 3.05) is 7.11 Å². The van der Waals surface area contributed by atoms with Gasteiger partial charge >= 0.3 is 0 Å². The van der Waals surface area contributed by atoms with Crippen LogP contribution in [0.3, 0.4) is 0 Å². The van der Waals surface area contributed by atoms with Gasteiger partial charge in [0, 0.05) is 12.1 Å². The zero-order chi connectivity index (χ0) is 9.14. The summed E-state index contributed by atoms with van der Waals surface area (Å²) in [5.41, 5.74) is 5.97. The summed E-state index contributed by atoms with van der Waals surface area (Å²) in [5.74, 6) is -0.424. The minimum absolute atomic E-state index is 0.0454. The van der Waals surface area contributed by atoms with Gasteiger partial charge < -0.3 is 10.5 Å². The molecule has 0 unspecified atom stereocenters. The van der Waals surface area contributed by atoms with Gasteiger partial charge in [-0.05, 0) is 6.07 Å². The molecule has 0 radical (unpaired) electrons. The van der Waals surface area contributed by atoms with Crippen LogP contribution in [0.15, 0.2) is 12.1 Å². The molecule has 1 rings (SSSR count). The van der Waals surface area contributed by atoms with Gasteiger partial charge in [0.2, 0.25) is 0 Å². The molecular weight excluding hydrogens is 181 g/mol. The number of hydrogen-bond donors (Lipinski definition) is 1. The Labute approximate surface area is 75.1 Å².